The number of unbranched alkanes of at least 4 members (excludes halogenated alkanes) is 4. The first-order valence-corrected chi connectivity index (χ1v) is 8.02. The molecular weight excluding hydrogens is 234 g/mol. The summed E-state index contributed by atoms with van der Waals surface area (Å²) in [6.07, 6.45) is 13.7. The van der Waals surface area contributed by atoms with Crippen molar-refractivity contribution >= 4 is 0 Å². The van der Waals surface area contributed by atoms with Gasteiger partial charge in [-0.1, -0.05) is 32.6 Å². The zero-order valence-electron chi connectivity index (χ0n) is 12.6. The Balaban J connectivity index is 1.71. The van der Waals surface area contributed by atoms with Gasteiger partial charge in [0.25, 0.3) is 0 Å². The van der Waals surface area contributed by atoms with Gasteiger partial charge in [-0.25, -0.2) is 0 Å². The molecule has 3 nitrogen and oxygen atoms in total. The maximum absolute atomic E-state index is 4.48. The molecular formula is C16H29N3. The summed E-state index contributed by atoms with van der Waals surface area (Å²) in [6, 6.07) is 0.595. The normalized spacial score (nSPS) is 20.8. The number of aromatic nitrogens is 2. The summed E-state index contributed by atoms with van der Waals surface area (Å²) in [4.78, 5) is 2.64. The van der Waals surface area contributed by atoms with Crippen LogP contribution in [0.4, 0.5) is 0 Å². The molecule has 0 aliphatic carbocycles. The fourth-order valence-corrected chi connectivity index (χ4v) is 3.02. The molecule has 1 aliphatic rings. The van der Waals surface area contributed by atoms with Crippen LogP contribution < -0.4 is 0 Å². The number of piperidine rings is 1. The second-order valence-corrected chi connectivity index (χ2v) is 6.01. The fourth-order valence-electron chi connectivity index (χ4n) is 3.02. The first-order valence-electron chi connectivity index (χ1n) is 8.02. The van der Waals surface area contributed by atoms with Gasteiger partial charge in [0.2, 0.25) is 0 Å². The second kappa shape index (κ2) is 7.68. The van der Waals surface area contributed by atoms with Crippen molar-refractivity contribution in [1.82, 2.24) is 14.7 Å². The summed E-state index contributed by atoms with van der Waals surface area (Å²) in [5, 5.41) is 4.48. The van der Waals surface area contributed by atoms with E-state index >= 15 is 0 Å². The minimum absolute atomic E-state index is 0.595. The molecule has 0 aromatic carbocycles. The average molecular weight is 263 g/mol. The molecule has 1 aromatic rings. The second-order valence-electron chi connectivity index (χ2n) is 6.01. The zero-order chi connectivity index (χ0) is 13.5. The Morgan fingerprint density at radius 3 is 2.84 bits per heavy atom. The highest BCUT2D eigenvalue weighted by molar-refractivity contribution is 5.01. The molecule has 1 aliphatic heterocycles. The van der Waals surface area contributed by atoms with Gasteiger partial charge in [-0.2, -0.15) is 5.10 Å². The summed E-state index contributed by atoms with van der Waals surface area (Å²) < 4.78 is 2.18. The first kappa shape index (κ1) is 14.6. The third-order valence-corrected chi connectivity index (χ3v) is 4.16. The Morgan fingerprint density at radius 1 is 1.26 bits per heavy atom. The molecule has 2 rings (SSSR count). The van der Waals surface area contributed by atoms with Crippen molar-refractivity contribution in [3.8, 4) is 0 Å². The Kier molecular flexibility index (Phi) is 5.90. The lowest BCUT2D eigenvalue weighted by Gasteiger charge is -2.32. The van der Waals surface area contributed by atoms with E-state index in [0.29, 0.717) is 6.04 Å². The summed E-state index contributed by atoms with van der Waals surface area (Å²) >= 11 is 0. The Bertz CT molecular complexity index is 359. The van der Waals surface area contributed by atoms with Crippen molar-refractivity contribution in [2.45, 2.75) is 64.8 Å². The summed E-state index contributed by atoms with van der Waals surface area (Å²) in [7, 11) is 0. The van der Waals surface area contributed by atoms with E-state index in [1.165, 1.54) is 70.1 Å². The van der Waals surface area contributed by atoms with E-state index in [9.17, 15) is 0 Å². The van der Waals surface area contributed by atoms with Crippen LogP contribution in [0.15, 0.2) is 12.4 Å². The van der Waals surface area contributed by atoms with E-state index in [-0.39, 0.29) is 0 Å². The standard InChI is InChI=1S/C16H29N3/c1-3-4-5-6-7-10-18-11-8-9-16(14-18)19-13-15(2)12-17-19/h12-13,16H,3-11,14H2,1-2H3. The van der Waals surface area contributed by atoms with Gasteiger partial charge in [0.15, 0.2) is 0 Å². The lowest BCUT2D eigenvalue weighted by Crippen LogP contribution is -2.37. The number of nitrogens with zero attached hydrogens (tertiary/aromatic N) is 3. The largest absolute Gasteiger partial charge is 0.301 e. The molecule has 1 atom stereocenters. The van der Waals surface area contributed by atoms with Gasteiger partial charge >= 0.3 is 0 Å². The molecule has 2 heterocycles. The van der Waals surface area contributed by atoms with Gasteiger partial charge in [-0.3, -0.25) is 4.68 Å². The van der Waals surface area contributed by atoms with Crippen LogP contribution in [-0.4, -0.2) is 34.3 Å². The molecule has 0 radical (unpaired) electrons. The number of hydrogen-bond donors (Lipinski definition) is 0. The molecule has 1 saturated heterocycles. The summed E-state index contributed by atoms with van der Waals surface area (Å²) in [6.45, 7) is 8.15. The Labute approximate surface area is 118 Å². The molecule has 1 fully saturated rings. The van der Waals surface area contributed by atoms with E-state index in [1.807, 2.05) is 6.20 Å². The highest BCUT2D eigenvalue weighted by Gasteiger charge is 2.21. The van der Waals surface area contributed by atoms with E-state index < -0.39 is 0 Å². The smallest absolute Gasteiger partial charge is 0.0646 e. The molecule has 0 bridgehead atoms. The predicted octanol–water partition coefficient (Wildman–Crippen LogP) is 3.80. The molecule has 1 aromatic heterocycles. The monoisotopic (exact) mass is 263 g/mol. The van der Waals surface area contributed by atoms with Crippen LogP contribution in [0, 0.1) is 6.92 Å². The Morgan fingerprint density at radius 2 is 2.11 bits per heavy atom. The van der Waals surface area contributed by atoms with Gasteiger partial charge in [-0.05, 0) is 44.8 Å². The van der Waals surface area contributed by atoms with Crippen molar-refractivity contribution < 1.29 is 0 Å². The highest BCUT2D eigenvalue weighted by atomic mass is 15.3. The maximum Gasteiger partial charge on any atom is 0.0646 e. The van der Waals surface area contributed by atoms with Crippen molar-refractivity contribution in [1.29, 1.82) is 0 Å². The molecule has 0 spiro atoms. The van der Waals surface area contributed by atoms with Crippen LogP contribution >= 0.6 is 0 Å². The zero-order valence-corrected chi connectivity index (χ0v) is 12.6. The van der Waals surface area contributed by atoms with Crippen LogP contribution in [0.2, 0.25) is 0 Å². The maximum atomic E-state index is 4.48. The molecule has 19 heavy (non-hydrogen) atoms. The lowest BCUT2D eigenvalue weighted by molar-refractivity contribution is 0.167. The van der Waals surface area contributed by atoms with Crippen LogP contribution in [0.1, 0.15) is 63.5 Å². The lowest BCUT2D eigenvalue weighted by atomic mass is 10.1. The van der Waals surface area contributed by atoms with Crippen molar-refractivity contribution in [2.75, 3.05) is 19.6 Å². The van der Waals surface area contributed by atoms with Crippen molar-refractivity contribution in [2.24, 2.45) is 0 Å². The van der Waals surface area contributed by atoms with Crippen LogP contribution in [-0.2, 0) is 0 Å². The summed E-state index contributed by atoms with van der Waals surface area (Å²) in [5.74, 6) is 0. The van der Waals surface area contributed by atoms with Gasteiger partial charge in [-0.15, -0.1) is 0 Å². The van der Waals surface area contributed by atoms with Crippen LogP contribution in [0.25, 0.3) is 0 Å². The Hall–Kier alpha value is -0.830. The van der Waals surface area contributed by atoms with E-state index in [0.717, 1.165) is 0 Å². The van der Waals surface area contributed by atoms with E-state index in [4.69, 9.17) is 0 Å². The highest BCUT2D eigenvalue weighted by Crippen LogP contribution is 2.21. The van der Waals surface area contributed by atoms with Crippen LogP contribution in [0.5, 0.6) is 0 Å². The third kappa shape index (κ3) is 4.64. The van der Waals surface area contributed by atoms with Gasteiger partial charge in [0.1, 0.15) is 0 Å². The first-order chi connectivity index (χ1) is 9.29. The predicted molar refractivity (Wildman–Crippen MR) is 80.4 cm³/mol. The quantitative estimate of drug-likeness (QED) is 0.698. The van der Waals surface area contributed by atoms with Crippen molar-refractivity contribution in [3.05, 3.63) is 18.0 Å². The molecule has 1 unspecified atom stereocenters. The van der Waals surface area contributed by atoms with Crippen LogP contribution in [0.3, 0.4) is 0 Å². The van der Waals surface area contributed by atoms with E-state index in [2.05, 4.69) is 34.7 Å². The van der Waals surface area contributed by atoms with Gasteiger partial charge in [0, 0.05) is 12.7 Å². The molecule has 0 saturated carbocycles. The fraction of sp³-hybridized carbons (Fsp3) is 0.812. The number of hydrogen-bond acceptors (Lipinski definition) is 2. The molecule has 0 N–H and O–H groups in total. The number of aryl methyl sites for hydroxylation is 1. The summed E-state index contributed by atoms with van der Waals surface area (Å²) in [5.41, 5.74) is 1.27. The SMILES string of the molecule is CCCCCCCN1CCCC(n2cc(C)cn2)C1. The minimum Gasteiger partial charge on any atom is -0.301 e. The average Bonchev–Trinajstić information content (AvgIpc) is 2.86. The molecule has 108 valence electrons. The molecule has 0 amide bonds. The van der Waals surface area contributed by atoms with E-state index in [1.54, 1.807) is 0 Å². The third-order valence-electron chi connectivity index (χ3n) is 4.16. The minimum atomic E-state index is 0.595. The topological polar surface area (TPSA) is 21.1 Å². The van der Waals surface area contributed by atoms with Crippen molar-refractivity contribution in [3.63, 3.8) is 0 Å². The van der Waals surface area contributed by atoms with Gasteiger partial charge < -0.3 is 4.90 Å². The number of likely N-dealkylation sites (tertiary alicyclic amines) is 1. The number of rotatable bonds is 7. The molecule has 3 heteroatoms. The van der Waals surface area contributed by atoms with Gasteiger partial charge in [0.05, 0.1) is 12.2 Å².